The smallest absolute Gasteiger partial charge is 0.251 e. The number of benzene rings is 1. The van der Waals surface area contributed by atoms with Gasteiger partial charge in [0.25, 0.3) is 5.91 Å². The number of aliphatic hydroxyl groups excluding tert-OH is 1. The fourth-order valence-electron chi connectivity index (χ4n) is 1.50. The summed E-state index contributed by atoms with van der Waals surface area (Å²) in [6, 6.07) is 1.89. The number of likely N-dealkylation sites (N-methyl/N-ethyl adjacent to an activating group) is 1. The van der Waals surface area contributed by atoms with E-state index in [2.05, 4.69) is 4.74 Å². The lowest BCUT2D eigenvalue weighted by Gasteiger charge is -2.19. The predicted octanol–water partition coefficient (Wildman–Crippen LogP) is 1.31. The van der Waals surface area contributed by atoms with Crippen molar-refractivity contribution in [1.29, 1.82) is 0 Å². The maximum absolute atomic E-state index is 13.6. The van der Waals surface area contributed by atoms with Crippen molar-refractivity contribution >= 4 is 5.91 Å². The largest absolute Gasteiger partial charge is 0.494 e. The van der Waals surface area contributed by atoms with Crippen LogP contribution in [-0.2, 0) is 11.3 Å². The normalized spacial score (nSPS) is 12.1. The minimum absolute atomic E-state index is 0.0183. The SMILES string of the molecule is COc1cc(F)c(CN(C)C(=O)C(C)O)cc1F. The highest BCUT2D eigenvalue weighted by atomic mass is 19.1. The molecule has 0 saturated heterocycles. The molecule has 0 aliphatic heterocycles. The summed E-state index contributed by atoms with van der Waals surface area (Å²) in [6.07, 6.45) is -1.18. The van der Waals surface area contributed by atoms with Crippen LogP contribution in [-0.4, -0.2) is 36.2 Å². The van der Waals surface area contributed by atoms with Crippen LogP contribution in [0.2, 0.25) is 0 Å². The topological polar surface area (TPSA) is 49.8 Å². The van der Waals surface area contributed by atoms with Gasteiger partial charge in [0.05, 0.1) is 7.11 Å². The third-order valence-electron chi connectivity index (χ3n) is 2.46. The molecule has 0 aliphatic carbocycles. The van der Waals surface area contributed by atoms with Gasteiger partial charge in [-0.2, -0.15) is 0 Å². The van der Waals surface area contributed by atoms with E-state index in [0.717, 1.165) is 17.0 Å². The zero-order chi connectivity index (χ0) is 13.9. The van der Waals surface area contributed by atoms with Crippen molar-refractivity contribution in [2.24, 2.45) is 0 Å². The van der Waals surface area contributed by atoms with E-state index in [0.29, 0.717) is 0 Å². The van der Waals surface area contributed by atoms with E-state index in [-0.39, 0.29) is 17.9 Å². The lowest BCUT2D eigenvalue weighted by molar-refractivity contribution is -0.138. The molecule has 18 heavy (non-hydrogen) atoms. The predicted molar refractivity (Wildman–Crippen MR) is 61.1 cm³/mol. The summed E-state index contributed by atoms with van der Waals surface area (Å²) in [4.78, 5) is 12.5. The van der Waals surface area contributed by atoms with E-state index in [1.165, 1.54) is 21.1 Å². The number of carbonyl (C=O) groups excluding carboxylic acids is 1. The summed E-state index contributed by atoms with van der Waals surface area (Å²) in [5, 5.41) is 9.10. The highest BCUT2D eigenvalue weighted by Gasteiger charge is 2.17. The van der Waals surface area contributed by atoms with Gasteiger partial charge in [-0.1, -0.05) is 0 Å². The Labute approximate surface area is 104 Å². The first-order valence-corrected chi connectivity index (χ1v) is 5.31. The Hall–Kier alpha value is -1.69. The van der Waals surface area contributed by atoms with Crippen molar-refractivity contribution in [3.8, 4) is 5.75 Å². The van der Waals surface area contributed by atoms with Crippen LogP contribution in [0.25, 0.3) is 0 Å². The molecular formula is C12H15F2NO3. The minimum Gasteiger partial charge on any atom is -0.494 e. The lowest BCUT2D eigenvalue weighted by Crippen LogP contribution is -2.34. The fourth-order valence-corrected chi connectivity index (χ4v) is 1.50. The molecule has 0 heterocycles. The third kappa shape index (κ3) is 3.16. The van der Waals surface area contributed by atoms with Gasteiger partial charge in [-0.3, -0.25) is 4.79 Å². The minimum atomic E-state index is -1.18. The number of ether oxygens (including phenoxy) is 1. The molecule has 1 N–H and O–H groups in total. The lowest BCUT2D eigenvalue weighted by atomic mass is 10.1. The Morgan fingerprint density at radius 1 is 1.44 bits per heavy atom. The first-order chi connectivity index (χ1) is 8.36. The van der Waals surface area contributed by atoms with Gasteiger partial charge in [0.15, 0.2) is 11.6 Å². The molecule has 0 aromatic heterocycles. The maximum Gasteiger partial charge on any atom is 0.251 e. The van der Waals surface area contributed by atoms with Gasteiger partial charge in [-0.25, -0.2) is 8.78 Å². The second-order valence-corrected chi connectivity index (χ2v) is 3.95. The maximum atomic E-state index is 13.6. The van der Waals surface area contributed by atoms with Crippen LogP contribution >= 0.6 is 0 Å². The summed E-state index contributed by atoms with van der Waals surface area (Å²) in [6.45, 7) is 1.18. The first-order valence-electron chi connectivity index (χ1n) is 5.31. The van der Waals surface area contributed by atoms with Crippen LogP contribution in [0, 0.1) is 11.6 Å². The van der Waals surface area contributed by atoms with E-state index in [1.807, 2.05) is 0 Å². The number of hydrogen-bond acceptors (Lipinski definition) is 3. The number of aliphatic hydroxyl groups is 1. The van der Waals surface area contributed by atoms with Crippen molar-refractivity contribution in [2.75, 3.05) is 14.2 Å². The van der Waals surface area contributed by atoms with E-state index in [4.69, 9.17) is 5.11 Å². The number of rotatable bonds is 4. The van der Waals surface area contributed by atoms with Gasteiger partial charge in [-0.15, -0.1) is 0 Å². The van der Waals surface area contributed by atoms with E-state index in [1.54, 1.807) is 0 Å². The van der Waals surface area contributed by atoms with Crippen molar-refractivity contribution < 1.29 is 23.4 Å². The van der Waals surface area contributed by atoms with Crippen LogP contribution < -0.4 is 4.74 Å². The first kappa shape index (κ1) is 14.4. The molecule has 1 unspecified atom stereocenters. The van der Waals surface area contributed by atoms with Crippen molar-refractivity contribution in [2.45, 2.75) is 19.6 Å². The zero-order valence-corrected chi connectivity index (χ0v) is 10.4. The molecule has 1 aromatic carbocycles. The second kappa shape index (κ2) is 5.77. The molecule has 1 aromatic rings. The van der Waals surface area contributed by atoms with E-state index >= 15 is 0 Å². The van der Waals surface area contributed by atoms with Gasteiger partial charge in [-0.05, 0) is 13.0 Å². The molecule has 4 nitrogen and oxygen atoms in total. The fraction of sp³-hybridized carbons (Fsp3) is 0.417. The summed E-state index contributed by atoms with van der Waals surface area (Å²) < 4.78 is 31.6. The molecule has 1 atom stereocenters. The van der Waals surface area contributed by atoms with Crippen molar-refractivity contribution in [3.63, 3.8) is 0 Å². The highest BCUT2D eigenvalue weighted by Crippen LogP contribution is 2.22. The van der Waals surface area contributed by atoms with Crippen molar-refractivity contribution in [1.82, 2.24) is 4.90 Å². The molecule has 100 valence electrons. The average Bonchev–Trinajstić information content (AvgIpc) is 2.32. The Morgan fingerprint density at radius 2 is 2.06 bits per heavy atom. The molecule has 0 bridgehead atoms. The highest BCUT2D eigenvalue weighted by molar-refractivity contribution is 5.79. The van der Waals surface area contributed by atoms with Gasteiger partial charge in [0.2, 0.25) is 0 Å². The molecule has 0 fully saturated rings. The monoisotopic (exact) mass is 259 g/mol. The van der Waals surface area contributed by atoms with Crippen molar-refractivity contribution in [3.05, 3.63) is 29.3 Å². The molecule has 6 heteroatoms. The summed E-state index contributed by atoms with van der Waals surface area (Å²) in [5.74, 6) is -2.13. The van der Waals surface area contributed by atoms with Gasteiger partial charge in [0, 0.05) is 25.2 Å². The van der Waals surface area contributed by atoms with Crippen LogP contribution in [0.15, 0.2) is 12.1 Å². The van der Waals surface area contributed by atoms with Crippen LogP contribution in [0.4, 0.5) is 8.78 Å². The standard InChI is InChI=1S/C12H15F2NO3/c1-7(16)12(17)15(2)6-8-4-10(14)11(18-3)5-9(8)13/h4-5,7,16H,6H2,1-3H3. The summed E-state index contributed by atoms with van der Waals surface area (Å²) in [5.41, 5.74) is 0.0183. The molecule has 1 rings (SSSR count). The quantitative estimate of drug-likeness (QED) is 0.887. The number of methoxy groups -OCH3 is 1. The summed E-state index contributed by atoms with van der Waals surface area (Å²) in [7, 11) is 2.64. The number of halogens is 2. The number of nitrogens with zero attached hydrogens (tertiary/aromatic N) is 1. The second-order valence-electron chi connectivity index (χ2n) is 3.95. The molecule has 0 radical (unpaired) electrons. The Balaban J connectivity index is 2.92. The Bertz CT molecular complexity index is 449. The molecule has 0 aliphatic rings. The van der Waals surface area contributed by atoms with E-state index in [9.17, 15) is 13.6 Å². The number of amides is 1. The average molecular weight is 259 g/mol. The Kier molecular flexibility index (Phi) is 4.61. The zero-order valence-electron chi connectivity index (χ0n) is 10.4. The molecular weight excluding hydrogens is 244 g/mol. The molecule has 0 saturated carbocycles. The van der Waals surface area contributed by atoms with Gasteiger partial charge < -0.3 is 14.7 Å². The number of carbonyl (C=O) groups is 1. The van der Waals surface area contributed by atoms with Crippen LogP contribution in [0.5, 0.6) is 5.75 Å². The van der Waals surface area contributed by atoms with Gasteiger partial charge >= 0.3 is 0 Å². The molecule has 1 amide bonds. The summed E-state index contributed by atoms with van der Waals surface area (Å²) >= 11 is 0. The molecule has 0 spiro atoms. The van der Waals surface area contributed by atoms with Crippen LogP contribution in [0.1, 0.15) is 12.5 Å². The third-order valence-corrected chi connectivity index (χ3v) is 2.46. The Morgan fingerprint density at radius 3 is 2.56 bits per heavy atom. The van der Waals surface area contributed by atoms with Gasteiger partial charge in [0.1, 0.15) is 11.9 Å². The number of hydrogen-bond donors (Lipinski definition) is 1. The van der Waals surface area contributed by atoms with E-state index < -0.39 is 23.6 Å². The van der Waals surface area contributed by atoms with Crippen LogP contribution in [0.3, 0.4) is 0 Å².